The van der Waals surface area contributed by atoms with Crippen molar-refractivity contribution in [3.63, 3.8) is 0 Å². The molecule has 0 bridgehead atoms. The summed E-state index contributed by atoms with van der Waals surface area (Å²) < 4.78 is 0. The highest BCUT2D eigenvalue weighted by atomic mass is 16.4. The van der Waals surface area contributed by atoms with Crippen molar-refractivity contribution in [3.05, 3.63) is 77.9 Å². The number of rotatable bonds is 5. The van der Waals surface area contributed by atoms with Crippen molar-refractivity contribution >= 4 is 23.3 Å². The maximum absolute atomic E-state index is 13.1. The maximum Gasteiger partial charge on any atom is 0.337 e. The van der Waals surface area contributed by atoms with Crippen LogP contribution in [0, 0.1) is 5.92 Å². The van der Waals surface area contributed by atoms with E-state index in [0.717, 1.165) is 42.7 Å². The Hall–Kier alpha value is -3.80. The topological polar surface area (TPSA) is 89.9 Å². The average molecular weight is 431 g/mol. The Morgan fingerprint density at radius 3 is 2.31 bits per heavy atom. The molecular formula is C26H26N2O4. The van der Waals surface area contributed by atoms with Gasteiger partial charge in [0.2, 0.25) is 0 Å². The predicted octanol–water partition coefficient (Wildman–Crippen LogP) is 5.25. The lowest BCUT2D eigenvalue weighted by molar-refractivity contribution is 0.0698. The number of nitrogens with one attached hydrogen (secondary N) is 1. The molecule has 0 atom stereocenters. The maximum atomic E-state index is 13.1. The molecule has 0 spiro atoms. The molecule has 3 aromatic carbocycles. The molecule has 0 aliphatic carbocycles. The lowest BCUT2D eigenvalue weighted by atomic mass is 9.98. The Labute approximate surface area is 187 Å². The summed E-state index contributed by atoms with van der Waals surface area (Å²) in [7, 11) is 0. The van der Waals surface area contributed by atoms with Crippen molar-refractivity contribution < 1.29 is 19.8 Å². The minimum absolute atomic E-state index is 0.0151. The molecule has 0 radical (unpaired) electrons. The molecule has 1 heterocycles. The first-order chi connectivity index (χ1) is 15.4. The van der Waals surface area contributed by atoms with Crippen LogP contribution in [0.4, 0.5) is 11.4 Å². The van der Waals surface area contributed by atoms with Crippen molar-refractivity contribution in [2.75, 3.05) is 23.3 Å². The number of anilines is 2. The van der Waals surface area contributed by atoms with E-state index in [4.69, 9.17) is 0 Å². The van der Waals surface area contributed by atoms with Gasteiger partial charge in [0.05, 0.1) is 16.8 Å². The molecule has 1 saturated heterocycles. The fraction of sp³-hybridized carbons (Fsp3) is 0.231. The van der Waals surface area contributed by atoms with Gasteiger partial charge in [-0.2, -0.15) is 0 Å². The zero-order chi connectivity index (χ0) is 22.7. The van der Waals surface area contributed by atoms with Crippen LogP contribution in [0.1, 0.15) is 40.5 Å². The number of carboxylic acid groups (broad SMARTS) is 1. The molecule has 0 unspecified atom stereocenters. The minimum Gasteiger partial charge on any atom is -0.507 e. The highest BCUT2D eigenvalue weighted by Gasteiger charge is 2.21. The number of hydrogen-bond donors (Lipinski definition) is 3. The number of aromatic hydroxyl groups is 1. The molecule has 164 valence electrons. The third kappa shape index (κ3) is 4.59. The zero-order valence-electron chi connectivity index (χ0n) is 17.9. The van der Waals surface area contributed by atoms with Crippen LogP contribution in [-0.2, 0) is 0 Å². The molecule has 0 saturated carbocycles. The van der Waals surface area contributed by atoms with E-state index < -0.39 is 11.9 Å². The van der Waals surface area contributed by atoms with Crippen molar-refractivity contribution in [2.24, 2.45) is 5.92 Å². The molecule has 3 aromatic rings. The Bertz CT molecular complexity index is 1140. The second-order valence-corrected chi connectivity index (χ2v) is 8.26. The number of phenolic OH excluding ortho intramolecular Hbond substituents is 1. The summed E-state index contributed by atoms with van der Waals surface area (Å²) in [6, 6.07) is 19.3. The van der Waals surface area contributed by atoms with Crippen molar-refractivity contribution in [1.29, 1.82) is 0 Å². The van der Waals surface area contributed by atoms with Crippen LogP contribution >= 0.6 is 0 Å². The molecule has 4 rings (SSSR count). The van der Waals surface area contributed by atoms with E-state index in [-0.39, 0.29) is 22.6 Å². The van der Waals surface area contributed by atoms with E-state index in [1.807, 2.05) is 30.3 Å². The van der Waals surface area contributed by atoms with Crippen LogP contribution in [0.2, 0.25) is 0 Å². The quantitative estimate of drug-likeness (QED) is 0.515. The predicted molar refractivity (Wildman–Crippen MR) is 126 cm³/mol. The lowest BCUT2D eigenvalue weighted by Crippen LogP contribution is -2.32. The molecule has 0 aromatic heterocycles. The van der Waals surface area contributed by atoms with Gasteiger partial charge in [-0.05, 0) is 60.2 Å². The summed E-state index contributed by atoms with van der Waals surface area (Å²) in [4.78, 5) is 27.0. The van der Waals surface area contributed by atoms with Crippen molar-refractivity contribution in [3.8, 4) is 16.9 Å². The number of amides is 1. The summed E-state index contributed by atoms with van der Waals surface area (Å²) in [5.74, 6) is -1.16. The first-order valence-corrected chi connectivity index (χ1v) is 10.7. The van der Waals surface area contributed by atoms with Gasteiger partial charge in [-0.25, -0.2) is 4.79 Å². The Balaban J connectivity index is 1.63. The van der Waals surface area contributed by atoms with E-state index in [1.165, 1.54) is 12.1 Å². The Morgan fingerprint density at radius 1 is 0.906 bits per heavy atom. The molecule has 1 amide bonds. The van der Waals surface area contributed by atoms with Crippen LogP contribution in [0.25, 0.3) is 11.1 Å². The first-order valence-electron chi connectivity index (χ1n) is 10.7. The van der Waals surface area contributed by atoms with Crippen molar-refractivity contribution in [2.45, 2.75) is 19.8 Å². The van der Waals surface area contributed by atoms with Crippen LogP contribution in [0.15, 0.2) is 66.7 Å². The van der Waals surface area contributed by atoms with Gasteiger partial charge in [0.15, 0.2) is 0 Å². The Kier molecular flexibility index (Phi) is 6.12. The van der Waals surface area contributed by atoms with Gasteiger partial charge in [-0.3, -0.25) is 4.79 Å². The van der Waals surface area contributed by atoms with Gasteiger partial charge in [-0.1, -0.05) is 43.3 Å². The van der Waals surface area contributed by atoms with E-state index in [2.05, 4.69) is 17.1 Å². The Morgan fingerprint density at radius 2 is 1.62 bits per heavy atom. The van der Waals surface area contributed by atoms with Crippen LogP contribution in [-0.4, -0.2) is 35.2 Å². The number of nitrogens with zero attached hydrogens (tertiary/aromatic N) is 1. The fourth-order valence-corrected chi connectivity index (χ4v) is 4.00. The van der Waals surface area contributed by atoms with E-state index >= 15 is 0 Å². The molecule has 1 fully saturated rings. The fourth-order valence-electron chi connectivity index (χ4n) is 4.00. The number of benzene rings is 3. The second kappa shape index (κ2) is 9.14. The number of phenols is 1. The number of piperidine rings is 1. The number of aromatic carboxylic acids is 1. The third-order valence-electron chi connectivity index (χ3n) is 5.98. The first kappa shape index (κ1) is 21.4. The van der Waals surface area contributed by atoms with Gasteiger partial charge >= 0.3 is 5.97 Å². The number of carbonyl (C=O) groups excluding carboxylic acids is 1. The minimum atomic E-state index is -1.14. The van der Waals surface area contributed by atoms with E-state index in [9.17, 15) is 19.8 Å². The molecule has 1 aliphatic heterocycles. The summed E-state index contributed by atoms with van der Waals surface area (Å²) in [6.45, 7) is 4.03. The van der Waals surface area contributed by atoms with E-state index in [0.29, 0.717) is 5.92 Å². The smallest absolute Gasteiger partial charge is 0.337 e. The van der Waals surface area contributed by atoms with Gasteiger partial charge in [0.1, 0.15) is 5.75 Å². The molecule has 32 heavy (non-hydrogen) atoms. The van der Waals surface area contributed by atoms with Gasteiger partial charge in [0, 0.05) is 18.8 Å². The molecule has 1 aliphatic rings. The zero-order valence-corrected chi connectivity index (χ0v) is 17.9. The monoisotopic (exact) mass is 430 g/mol. The highest BCUT2D eigenvalue weighted by molar-refractivity contribution is 6.10. The summed E-state index contributed by atoms with van der Waals surface area (Å²) in [5, 5.41) is 22.6. The normalized spacial score (nSPS) is 14.2. The van der Waals surface area contributed by atoms with Gasteiger partial charge in [-0.15, -0.1) is 0 Å². The standard InChI is InChI=1S/C26H26N2O4/c1-17-11-13-28(14-12-17)20-8-10-24(29)22(16-20)25(30)27-23-15-19(7-9-21(23)26(31)32)18-5-3-2-4-6-18/h2-10,15-17,29H,11-14H2,1H3,(H,27,30)(H,31,32). The second-order valence-electron chi connectivity index (χ2n) is 8.26. The summed E-state index contributed by atoms with van der Waals surface area (Å²) in [5.41, 5.74) is 2.84. The molecular weight excluding hydrogens is 404 g/mol. The molecule has 3 N–H and O–H groups in total. The van der Waals surface area contributed by atoms with Crippen LogP contribution < -0.4 is 10.2 Å². The van der Waals surface area contributed by atoms with Gasteiger partial charge < -0.3 is 20.4 Å². The van der Waals surface area contributed by atoms with E-state index in [1.54, 1.807) is 24.3 Å². The number of carboxylic acids is 1. The average Bonchev–Trinajstić information content (AvgIpc) is 2.80. The molecule has 6 nitrogen and oxygen atoms in total. The number of hydrogen-bond acceptors (Lipinski definition) is 4. The third-order valence-corrected chi connectivity index (χ3v) is 5.98. The largest absolute Gasteiger partial charge is 0.507 e. The SMILES string of the molecule is CC1CCN(c2ccc(O)c(C(=O)Nc3cc(-c4ccccc4)ccc3C(=O)O)c2)CC1. The van der Waals surface area contributed by atoms with Crippen LogP contribution in [0.5, 0.6) is 5.75 Å². The molecule has 6 heteroatoms. The lowest BCUT2D eigenvalue weighted by Gasteiger charge is -2.32. The number of carbonyl (C=O) groups is 2. The van der Waals surface area contributed by atoms with Crippen LogP contribution in [0.3, 0.4) is 0 Å². The summed E-state index contributed by atoms with van der Waals surface area (Å²) >= 11 is 0. The summed E-state index contributed by atoms with van der Waals surface area (Å²) in [6.07, 6.45) is 2.16. The van der Waals surface area contributed by atoms with Gasteiger partial charge in [0.25, 0.3) is 5.91 Å². The van der Waals surface area contributed by atoms with Crippen molar-refractivity contribution in [1.82, 2.24) is 0 Å². The highest BCUT2D eigenvalue weighted by Crippen LogP contribution is 2.30.